The topological polar surface area (TPSA) is 268 Å². The van der Waals surface area contributed by atoms with Crippen LogP contribution in [0.3, 0.4) is 0 Å². The van der Waals surface area contributed by atoms with Gasteiger partial charge < -0.3 is 83.1 Å². The lowest BCUT2D eigenvalue weighted by molar-refractivity contribution is -0.344. The number of hydrogen-bond donors (Lipinski definition) is 7. The minimum Gasteiger partial charge on any atom is -0.458 e. The maximum absolute atomic E-state index is 13.7. The highest BCUT2D eigenvalue weighted by molar-refractivity contribution is 5.90. The molecule has 0 spiro atoms. The molecule has 24 atom stereocenters. The van der Waals surface area contributed by atoms with Crippen molar-refractivity contribution in [2.45, 2.75) is 247 Å². The van der Waals surface area contributed by atoms with Crippen LogP contribution in [0.4, 0.5) is 0 Å². The van der Waals surface area contributed by atoms with Gasteiger partial charge in [0.05, 0.1) is 65.9 Å². The normalized spacial score (nSPS) is 50.5. The largest absolute Gasteiger partial charge is 0.458 e. The molecule has 0 unspecified atom stereocenters. The fourth-order valence-electron chi connectivity index (χ4n) is 14.2. The summed E-state index contributed by atoms with van der Waals surface area (Å²) in [6, 6.07) is 8.44. The minimum absolute atomic E-state index is 0.0294. The van der Waals surface area contributed by atoms with E-state index in [1.165, 1.54) is 14.0 Å². The molecule has 3 saturated carbocycles. The number of hydrogen-bond acceptors (Lipinski definition) is 19. The number of benzene rings is 1. The maximum atomic E-state index is 13.7. The highest BCUT2D eigenvalue weighted by atomic mass is 16.8. The number of carbonyl (C=O) groups excluding carboxylic acids is 2. The van der Waals surface area contributed by atoms with Crippen LogP contribution in [-0.2, 0) is 52.2 Å². The zero-order valence-electron chi connectivity index (χ0n) is 42.7. The zero-order chi connectivity index (χ0) is 51.9. The highest BCUT2D eigenvalue weighted by Crippen LogP contribution is 2.71. The molecule has 1 aromatic carbocycles. The second-order valence-electron chi connectivity index (χ2n) is 22.6. The molecule has 19 nitrogen and oxygen atoms in total. The smallest absolute Gasteiger partial charge is 0.338 e. The van der Waals surface area contributed by atoms with Gasteiger partial charge in [0.2, 0.25) is 0 Å². The molecular formula is C53H78O19. The molecule has 404 valence electrons. The molecule has 72 heavy (non-hydrogen) atoms. The monoisotopic (exact) mass is 1020 g/mol. The summed E-state index contributed by atoms with van der Waals surface area (Å²) < 4.78 is 61.3. The van der Waals surface area contributed by atoms with Gasteiger partial charge in [-0.25, -0.2) is 4.79 Å². The summed E-state index contributed by atoms with van der Waals surface area (Å²) in [7, 11) is 1.51. The number of fused-ring (bicyclic) bond motifs is 5. The van der Waals surface area contributed by atoms with Crippen molar-refractivity contribution >= 4 is 11.8 Å². The summed E-state index contributed by atoms with van der Waals surface area (Å²) in [5.41, 5.74) is -6.88. The number of aliphatic hydroxyl groups is 7. The predicted octanol–water partition coefficient (Wildman–Crippen LogP) is 2.87. The third-order valence-corrected chi connectivity index (χ3v) is 18.5. The molecule has 0 amide bonds. The van der Waals surface area contributed by atoms with Crippen molar-refractivity contribution < 1.29 is 92.7 Å². The van der Waals surface area contributed by atoms with Crippen molar-refractivity contribution in [2.75, 3.05) is 7.11 Å². The van der Waals surface area contributed by atoms with Crippen molar-refractivity contribution in [3.05, 3.63) is 47.5 Å². The summed E-state index contributed by atoms with van der Waals surface area (Å²) >= 11 is 0. The van der Waals surface area contributed by atoms with E-state index >= 15 is 0 Å². The third kappa shape index (κ3) is 9.25. The lowest BCUT2D eigenvalue weighted by Gasteiger charge is -2.67. The second kappa shape index (κ2) is 20.4. The van der Waals surface area contributed by atoms with Gasteiger partial charge in [-0.3, -0.25) is 4.79 Å². The van der Waals surface area contributed by atoms with Crippen molar-refractivity contribution in [3.8, 4) is 0 Å². The average molecular weight is 1020 g/mol. The van der Waals surface area contributed by atoms with Crippen molar-refractivity contribution in [1.29, 1.82) is 0 Å². The number of aliphatic hydroxyl groups excluding tert-OH is 4. The van der Waals surface area contributed by atoms with Crippen LogP contribution in [0.15, 0.2) is 42.0 Å². The van der Waals surface area contributed by atoms with E-state index < -0.39 is 150 Å². The SMILES string of the molecule is CO[C@@H]1C[C@H](O[C@H]2[C@H](O)C[C@H](O[C@H]3[C@H](O)C[C@H](O[C@H]4[C@@H](O)C[C@H](O[C@H]5CC[C@@]6(C)C(=CC[C@]7(O)[C@@H]6C[C@@H](OC(=O)c6ccccc6)[C@@]6(C)[C@]7(O)CC[C@@]6(O)C(C)=O)C5)O[C@@H]4C)O[C@@H]3C)O[C@@H]2C)O[C@H](C)[C@H]1O. The van der Waals surface area contributed by atoms with Gasteiger partial charge in [0.25, 0.3) is 0 Å². The van der Waals surface area contributed by atoms with Gasteiger partial charge in [0, 0.05) is 38.7 Å². The van der Waals surface area contributed by atoms with Crippen LogP contribution < -0.4 is 0 Å². The first-order valence-electron chi connectivity index (χ1n) is 26.1. The summed E-state index contributed by atoms with van der Waals surface area (Å²) in [6.45, 7) is 11.9. The molecule has 0 bridgehead atoms. The number of methoxy groups -OCH3 is 1. The first kappa shape index (κ1) is 54.3. The Morgan fingerprint density at radius 3 is 1.69 bits per heavy atom. The van der Waals surface area contributed by atoms with Gasteiger partial charge in [-0.2, -0.15) is 0 Å². The van der Waals surface area contributed by atoms with Gasteiger partial charge in [-0.15, -0.1) is 0 Å². The van der Waals surface area contributed by atoms with E-state index in [1.54, 1.807) is 65.0 Å². The lowest BCUT2D eigenvalue weighted by Crippen LogP contribution is -2.78. The van der Waals surface area contributed by atoms with E-state index in [0.29, 0.717) is 19.3 Å². The van der Waals surface area contributed by atoms with Crippen molar-refractivity contribution in [2.24, 2.45) is 16.7 Å². The molecule has 8 aliphatic rings. The Morgan fingerprint density at radius 2 is 1.18 bits per heavy atom. The van der Waals surface area contributed by atoms with Gasteiger partial charge >= 0.3 is 5.97 Å². The molecule has 0 radical (unpaired) electrons. The van der Waals surface area contributed by atoms with Crippen LogP contribution >= 0.6 is 0 Å². The van der Waals surface area contributed by atoms with E-state index in [4.69, 9.17) is 47.4 Å². The van der Waals surface area contributed by atoms with E-state index in [2.05, 4.69) is 6.92 Å². The Morgan fingerprint density at radius 1 is 0.667 bits per heavy atom. The Kier molecular flexibility index (Phi) is 15.4. The van der Waals surface area contributed by atoms with Crippen molar-refractivity contribution in [3.63, 3.8) is 0 Å². The summed E-state index contributed by atoms with van der Waals surface area (Å²) in [5.74, 6) is -1.82. The molecule has 9 rings (SSSR count). The quantitative estimate of drug-likeness (QED) is 0.117. The van der Waals surface area contributed by atoms with Crippen molar-refractivity contribution in [1.82, 2.24) is 0 Å². The molecule has 4 aliphatic heterocycles. The first-order chi connectivity index (χ1) is 34.0. The number of Topliss-reactive ketones (excluding diaryl/α,β-unsaturated/α-hetero) is 1. The summed E-state index contributed by atoms with van der Waals surface area (Å²) in [5, 5.41) is 82.2. The molecular weight excluding hydrogens is 941 g/mol. The Bertz CT molecular complexity index is 2090. The van der Waals surface area contributed by atoms with Crippen LogP contribution in [0.2, 0.25) is 0 Å². The standard InChI is InChI=1S/C53H78O19/c1-26-44(58)37(63-8)24-43(64-26)72-47-29(4)67-42(23-36(47)57)71-46-28(3)66-41(22-35(46)56)70-45-27(2)65-40(21-34(45)55)68-33-15-16-49(6)32(20-33)14-17-52(61)38(49)25-39(69-48(59)31-12-10-9-11-13-31)50(7)51(60,30(5)54)18-19-53(50,52)62/h9-14,26-29,33-47,55-58,60-62H,15-25H2,1-8H3/t26-,27-,28-,29-,33+,34+,35-,36-,37-,38-,39-,40+,41+,42+,43+,44-,45-,46-,47-,49+,50-,51-,52+,53-/m1/s1. The predicted molar refractivity (Wildman–Crippen MR) is 251 cm³/mol. The van der Waals surface area contributed by atoms with Gasteiger partial charge in [-0.05, 0) is 104 Å². The molecule has 0 aromatic heterocycles. The van der Waals surface area contributed by atoms with Gasteiger partial charge in [-0.1, -0.05) is 36.8 Å². The van der Waals surface area contributed by atoms with Crippen LogP contribution in [0, 0.1) is 16.7 Å². The second-order valence-corrected chi connectivity index (χ2v) is 22.6. The molecule has 1 aromatic rings. The van der Waals surface area contributed by atoms with Crippen LogP contribution in [0.1, 0.15) is 129 Å². The first-order valence-corrected chi connectivity index (χ1v) is 26.1. The zero-order valence-corrected chi connectivity index (χ0v) is 42.7. The van der Waals surface area contributed by atoms with Gasteiger partial charge in [0.1, 0.15) is 47.3 Å². The van der Waals surface area contributed by atoms with Crippen LogP contribution in [0.5, 0.6) is 0 Å². The Balaban J connectivity index is 0.787. The number of ether oxygens (including phenoxy) is 10. The number of ketones is 1. The fraction of sp³-hybridized carbons (Fsp3) is 0.811. The molecule has 4 saturated heterocycles. The van der Waals surface area contributed by atoms with E-state index in [0.717, 1.165) is 5.57 Å². The van der Waals surface area contributed by atoms with E-state index in [9.17, 15) is 45.3 Å². The molecule has 7 fully saturated rings. The number of carbonyl (C=O) groups is 2. The average Bonchev–Trinajstić information content (AvgIpc) is 3.56. The number of rotatable bonds is 12. The summed E-state index contributed by atoms with van der Waals surface area (Å²) in [4.78, 5) is 26.9. The number of esters is 1. The maximum Gasteiger partial charge on any atom is 0.338 e. The molecule has 19 heteroatoms. The van der Waals surface area contributed by atoms with Crippen LogP contribution in [-0.4, -0.2) is 182 Å². The lowest BCUT2D eigenvalue weighted by atomic mass is 9.42. The van der Waals surface area contributed by atoms with E-state index in [1.807, 2.05) is 6.08 Å². The van der Waals surface area contributed by atoms with E-state index in [-0.39, 0.29) is 63.0 Å². The molecule has 4 heterocycles. The Hall–Kier alpha value is -2.54. The minimum atomic E-state index is -2.06. The summed E-state index contributed by atoms with van der Waals surface area (Å²) in [6.07, 6.45) is -9.78. The molecule has 7 N–H and O–H groups in total. The molecule has 4 aliphatic carbocycles. The van der Waals surface area contributed by atoms with Crippen LogP contribution in [0.25, 0.3) is 0 Å². The third-order valence-electron chi connectivity index (χ3n) is 18.5. The fourth-order valence-corrected chi connectivity index (χ4v) is 14.2. The Labute approximate surface area is 421 Å². The highest BCUT2D eigenvalue weighted by Gasteiger charge is 2.81. The van der Waals surface area contributed by atoms with Gasteiger partial charge in [0.15, 0.2) is 30.9 Å².